The predicted octanol–water partition coefficient (Wildman–Crippen LogP) is 2.89. The first-order chi connectivity index (χ1) is 9.32. The van der Waals surface area contributed by atoms with Crippen LogP contribution in [0, 0.1) is 0 Å². The van der Waals surface area contributed by atoms with Crippen molar-refractivity contribution in [1.82, 2.24) is 10.2 Å². The lowest BCUT2D eigenvalue weighted by molar-refractivity contribution is -0.274. The van der Waals surface area contributed by atoms with Gasteiger partial charge in [0.1, 0.15) is 5.75 Å². The number of hydrogen-bond donors (Lipinski definition) is 1. The van der Waals surface area contributed by atoms with E-state index >= 15 is 0 Å². The van der Waals surface area contributed by atoms with Gasteiger partial charge in [-0.25, -0.2) is 0 Å². The van der Waals surface area contributed by atoms with E-state index in [1.165, 1.54) is 12.1 Å². The summed E-state index contributed by atoms with van der Waals surface area (Å²) in [7, 11) is 0. The highest BCUT2D eigenvalue weighted by atomic mass is 19.4. The standard InChI is InChI=1S/C14H17F3N2O/c1-10-7-19(8-11(2)18-10)9-12-3-5-13(6-4-12)20-14(15,16)17/h3-6,11,18H,1,7-9H2,2H3/t11-/m1/s1. The first-order valence-corrected chi connectivity index (χ1v) is 6.33. The zero-order valence-electron chi connectivity index (χ0n) is 11.2. The van der Waals surface area contributed by atoms with Crippen molar-refractivity contribution in [3.05, 3.63) is 42.1 Å². The molecule has 0 unspecified atom stereocenters. The molecule has 0 spiro atoms. The van der Waals surface area contributed by atoms with E-state index in [0.717, 1.165) is 24.4 Å². The Hall–Kier alpha value is -1.69. The summed E-state index contributed by atoms with van der Waals surface area (Å²) in [5.74, 6) is -0.195. The topological polar surface area (TPSA) is 24.5 Å². The van der Waals surface area contributed by atoms with Crippen LogP contribution in [0.3, 0.4) is 0 Å². The third-order valence-corrected chi connectivity index (χ3v) is 2.96. The van der Waals surface area contributed by atoms with Crippen LogP contribution in [-0.4, -0.2) is 30.4 Å². The molecule has 1 fully saturated rings. The zero-order valence-corrected chi connectivity index (χ0v) is 11.2. The number of alkyl halides is 3. The molecular formula is C14H17F3N2O. The summed E-state index contributed by atoms with van der Waals surface area (Å²) < 4.78 is 40.0. The van der Waals surface area contributed by atoms with Gasteiger partial charge in [-0.1, -0.05) is 18.7 Å². The van der Waals surface area contributed by atoms with Gasteiger partial charge in [0.2, 0.25) is 0 Å². The minimum absolute atomic E-state index is 0.195. The Labute approximate surface area is 116 Å². The number of nitrogens with one attached hydrogen (secondary N) is 1. The van der Waals surface area contributed by atoms with Gasteiger partial charge in [0, 0.05) is 31.4 Å². The van der Waals surface area contributed by atoms with Gasteiger partial charge < -0.3 is 10.1 Å². The number of benzene rings is 1. The van der Waals surface area contributed by atoms with Crippen LogP contribution in [0.2, 0.25) is 0 Å². The van der Waals surface area contributed by atoms with E-state index in [1.54, 1.807) is 12.1 Å². The summed E-state index contributed by atoms with van der Waals surface area (Å²) in [6.45, 7) is 8.27. The number of rotatable bonds is 3. The Kier molecular flexibility index (Phi) is 4.23. The Balaban J connectivity index is 1.95. The predicted molar refractivity (Wildman–Crippen MR) is 70.1 cm³/mol. The fraction of sp³-hybridized carbons (Fsp3) is 0.429. The molecular weight excluding hydrogens is 269 g/mol. The summed E-state index contributed by atoms with van der Waals surface area (Å²) in [5, 5.41) is 3.25. The van der Waals surface area contributed by atoms with Crippen LogP contribution in [-0.2, 0) is 6.54 Å². The van der Waals surface area contributed by atoms with Crippen LogP contribution < -0.4 is 10.1 Å². The molecule has 3 nitrogen and oxygen atoms in total. The SMILES string of the molecule is C=C1CN(Cc2ccc(OC(F)(F)F)cc2)C[C@@H](C)N1. The lowest BCUT2D eigenvalue weighted by Crippen LogP contribution is -2.46. The lowest BCUT2D eigenvalue weighted by Gasteiger charge is -2.33. The van der Waals surface area contributed by atoms with Crippen molar-refractivity contribution in [1.29, 1.82) is 0 Å². The Morgan fingerprint density at radius 3 is 2.55 bits per heavy atom. The molecule has 1 atom stereocenters. The molecule has 0 aliphatic carbocycles. The molecule has 1 aliphatic heterocycles. The molecule has 1 heterocycles. The quantitative estimate of drug-likeness (QED) is 0.924. The lowest BCUT2D eigenvalue weighted by atomic mass is 10.1. The van der Waals surface area contributed by atoms with Gasteiger partial charge in [-0.05, 0) is 24.6 Å². The Morgan fingerprint density at radius 1 is 1.35 bits per heavy atom. The minimum Gasteiger partial charge on any atom is -0.406 e. The first kappa shape index (κ1) is 14.7. The fourth-order valence-corrected chi connectivity index (χ4v) is 2.34. The van der Waals surface area contributed by atoms with E-state index in [2.05, 4.69) is 28.5 Å². The van der Waals surface area contributed by atoms with Crippen LogP contribution in [0.1, 0.15) is 12.5 Å². The second-order valence-electron chi connectivity index (χ2n) is 5.01. The van der Waals surface area contributed by atoms with E-state index < -0.39 is 6.36 Å². The molecule has 20 heavy (non-hydrogen) atoms. The van der Waals surface area contributed by atoms with Gasteiger partial charge in [-0.3, -0.25) is 4.90 Å². The van der Waals surface area contributed by atoms with E-state index in [4.69, 9.17) is 0 Å². The monoisotopic (exact) mass is 286 g/mol. The summed E-state index contributed by atoms with van der Waals surface area (Å²) in [6, 6.07) is 6.30. The zero-order chi connectivity index (χ0) is 14.8. The highest BCUT2D eigenvalue weighted by Gasteiger charge is 2.31. The Bertz CT molecular complexity index is 470. The molecule has 1 aromatic rings. The van der Waals surface area contributed by atoms with Gasteiger partial charge >= 0.3 is 6.36 Å². The van der Waals surface area contributed by atoms with E-state index in [0.29, 0.717) is 12.6 Å². The summed E-state index contributed by atoms with van der Waals surface area (Å²) >= 11 is 0. The Morgan fingerprint density at radius 2 is 2.00 bits per heavy atom. The third-order valence-electron chi connectivity index (χ3n) is 2.96. The molecule has 110 valence electrons. The van der Waals surface area contributed by atoms with Crippen molar-refractivity contribution in [3.8, 4) is 5.75 Å². The van der Waals surface area contributed by atoms with E-state index in [-0.39, 0.29) is 5.75 Å². The van der Waals surface area contributed by atoms with Crippen molar-refractivity contribution in [2.24, 2.45) is 0 Å². The van der Waals surface area contributed by atoms with Crippen LogP contribution in [0.15, 0.2) is 36.5 Å². The minimum atomic E-state index is -4.65. The summed E-state index contributed by atoms with van der Waals surface area (Å²) in [5.41, 5.74) is 1.90. The van der Waals surface area contributed by atoms with Gasteiger partial charge in [-0.15, -0.1) is 13.2 Å². The molecule has 1 aromatic carbocycles. The van der Waals surface area contributed by atoms with Crippen molar-refractivity contribution in [3.63, 3.8) is 0 Å². The van der Waals surface area contributed by atoms with Crippen molar-refractivity contribution >= 4 is 0 Å². The maximum absolute atomic E-state index is 12.1. The average molecular weight is 286 g/mol. The second kappa shape index (κ2) is 5.75. The smallest absolute Gasteiger partial charge is 0.406 e. The number of halogens is 3. The molecule has 0 radical (unpaired) electrons. The van der Waals surface area contributed by atoms with Crippen molar-refractivity contribution < 1.29 is 17.9 Å². The summed E-state index contributed by atoms with van der Waals surface area (Å²) in [6.07, 6.45) is -4.65. The number of nitrogens with zero attached hydrogens (tertiary/aromatic N) is 1. The normalized spacial score (nSPS) is 20.6. The maximum Gasteiger partial charge on any atom is 0.573 e. The number of piperazine rings is 1. The van der Waals surface area contributed by atoms with Crippen LogP contribution in [0.5, 0.6) is 5.75 Å². The number of ether oxygens (including phenoxy) is 1. The average Bonchev–Trinajstić information content (AvgIpc) is 2.28. The van der Waals surface area contributed by atoms with Crippen LogP contribution >= 0.6 is 0 Å². The number of hydrogen-bond acceptors (Lipinski definition) is 3. The molecule has 0 bridgehead atoms. The van der Waals surface area contributed by atoms with Crippen molar-refractivity contribution in [2.45, 2.75) is 25.9 Å². The first-order valence-electron chi connectivity index (χ1n) is 6.33. The highest BCUT2D eigenvalue weighted by Crippen LogP contribution is 2.23. The van der Waals surface area contributed by atoms with E-state index in [1.807, 2.05) is 0 Å². The van der Waals surface area contributed by atoms with Gasteiger partial charge in [0.05, 0.1) is 0 Å². The molecule has 0 saturated carbocycles. The molecule has 0 aromatic heterocycles. The fourth-order valence-electron chi connectivity index (χ4n) is 2.34. The summed E-state index contributed by atoms with van der Waals surface area (Å²) in [4.78, 5) is 2.20. The van der Waals surface area contributed by atoms with Crippen LogP contribution in [0.25, 0.3) is 0 Å². The van der Waals surface area contributed by atoms with Crippen molar-refractivity contribution in [2.75, 3.05) is 13.1 Å². The second-order valence-corrected chi connectivity index (χ2v) is 5.01. The molecule has 6 heteroatoms. The molecule has 1 N–H and O–H groups in total. The molecule has 0 amide bonds. The molecule has 2 rings (SSSR count). The van der Waals surface area contributed by atoms with Gasteiger partial charge in [-0.2, -0.15) is 0 Å². The molecule has 1 saturated heterocycles. The van der Waals surface area contributed by atoms with Crippen LogP contribution in [0.4, 0.5) is 13.2 Å². The van der Waals surface area contributed by atoms with Gasteiger partial charge in [0.15, 0.2) is 0 Å². The van der Waals surface area contributed by atoms with E-state index in [9.17, 15) is 13.2 Å². The maximum atomic E-state index is 12.1. The van der Waals surface area contributed by atoms with Gasteiger partial charge in [0.25, 0.3) is 0 Å². The molecule has 1 aliphatic rings. The largest absolute Gasteiger partial charge is 0.573 e. The highest BCUT2D eigenvalue weighted by molar-refractivity contribution is 5.27. The third kappa shape index (κ3) is 4.45.